The second kappa shape index (κ2) is 4.71. The molecule has 3 unspecified atom stereocenters. The van der Waals surface area contributed by atoms with E-state index < -0.39 is 0 Å². The highest BCUT2D eigenvalue weighted by Crippen LogP contribution is 2.62. The zero-order valence-electron chi connectivity index (χ0n) is 12.8. The Bertz CT molecular complexity index is 382. The average molecular weight is 278 g/mol. The fourth-order valence-corrected chi connectivity index (χ4v) is 6.80. The zero-order valence-corrected chi connectivity index (χ0v) is 12.8. The minimum Gasteiger partial charge on any atom is -0.393 e. The second-order valence-electron chi connectivity index (χ2n) is 8.54. The van der Waals surface area contributed by atoms with Crippen LogP contribution in [0.25, 0.3) is 0 Å². The highest BCUT2D eigenvalue weighted by molar-refractivity contribution is 5.06. The van der Waals surface area contributed by atoms with Crippen molar-refractivity contribution in [2.24, 2.45) is 35.0 Å². The zero-order chi connectivity index (χ0) is 13.9. The third-order valence-electron chi connectivity index (χ3n) is 7.88. The highest BCUT2D eigenvalue weighted by Gasteiger charge is 2.56. The van der Waals surface area contributed by atoms with Crippen molar-refractivity contribution in [3.05, 3.63) is 0 Å². The Balaban J connectivity index is 1.57. The van der Waals surface area contributed by atoms with Crippen molar-refractivity contribution in [3.8, 4) is 0 Å². The number of hydrogen-bond donors (Lipinski definition) is 2. The fraction of sp³-hybridized carbons (Fsp3) is 1.00. The van der Waals surface area contributed by atoms with E-state index in [0.29, 0.717) is 0 Å². The smallest absolute Gasteiger partial charge is 0.0596 e. The summed E-state index contributed by atoms with van der Waals surface area (Å²) in [6, 6.07) is 0. The van der Waals surface area contributed by atoms with E-state index in [-0.39, 0.29) is 17.6 Å². The van der Waals surface area contributed by atoms with Crippen LogP contribution in [0.1, 0.15) is 64.7 Å². The molecule has 4 saturated carbocycles. The van der Waals surface area contributed by atoms with Gasteiger partial charge in [-0.25, -0.2) is 0 Å². The van der Waals surface area contributed by atoms with Gasteiger partial charge >= 0.3 is 0 Å². The molecule has 0 aromatic rings. The number of fused-ring (bicyclic) bond motifs is 5. The van der Waals surface area contributed by atoms with Crippen molar-refractivity contribution in [2.45, 2.75) is 76.9 Å². The molecule has 0 aromatic heterocycles. The Labute approximate surface area is 123 Å². The van der Waals surface area contributed by atoms with Gasteiger partial charge in [-0.3, -0.25) is 0 Å². The molecule has 4 aliphatic carbocycles. The third kappa shape index (κ3) is 1.83. The summed E-state index contributed by atoms with van der Waals surface area (Å²) in [5, 5.41) is 20.3. The Morgan fingerprint density at radius 1 is 0.800 bits per heavy atom. The van der Waals surface area contributed by atoms with E-state index in [1.165, 1.54) is 38.5 Å². The molecule has 4 rings (SSSR count). The first-order chi connectivity index (χ1) is 9.59. The van der Waals surface area contributed by atoms with Crippen LogP contribution >= 0.6 is 0 Å². The van der Waals surface area contributed by atoms with Crippen molar-refractivity contribution < 1.29 is 10.2 Å². The van der Waals surface area contributed by atoms with E-state index in [0.717, 1.165) is 48.9 Å². The van der Waals surface area contributed by atoms with Crippen molar-refractivity contribution >= 4 is 0 Å². The maximum Gasteiger partial charge on any atom is 0.0596 e. The van der Waals surface area contributed by atoms with Crippen LogP contribution in [0, 0.1) is 35.0 Å². The summed E-state index contributed by atoms with van der Waals surface area (Å²) in [6.07, 6.45) is 10.9. The van der Waals surface area contributed by atoms with Crippen LogP contribution in [0.4, 0.5) is 0 Å². The lowest BCUT2D eigenvalue weighted by atomic mass is 9.50. The van der Waals surface area contributed by atoms with E-state index >= 15 is 0 Å². The van der Waals surface area contributed by atoms with E-state index in [1.807, 2.05) is 0 Å². The number of hydrogen-bond acceptors (Lipinski definition) is 2. The van der Waals surface area contributed by atoms with E-state index in [1.54, 1.807) is 0 Å². The van der Waals surface area contributed by atoms with Gasteiger partial charge in [0.2, 0.25) is 0 Å². The first kappa shape index (κ1) is 13.6. The van der Waals surface area contributed by atoms with Gasteiger partial charge in [-0.15, -0.1) is 0 Å². The molecular formula is C18H30O2. The van der Waals surface area contributed by atoms with Gasteiger partial charge in [0.05, 0.1) is 12.2 Å². The molecule has 0 bridgehead atoms. The first-order valence-corrected chi connectivity index (χ1v) is 8.95. The molecule has 4 fully saturated rings. The molecule has 4 aliphatic rings. The molecule has 0 amide bonds. The second-order valence-corrected chi connectivity index (χ2v) is 8.54. The standard InChI is InChI=1S/C18H30O2/c1-18-9-8-14-13-5-3-12(19)10-11(13)2-4-15(14)16(18)6-7-17(18)20/h11-17,19-20H,2-10H2,1H3/t11?,12?,13-,14+,15+,16-,17?,18-/m0/s1. The lowest BCUT2D eigenvalue weighted by Crippen LogP contribution is -2.49. The lowest BCUT2D eigenvalue weighted by molar-refractivity contribution is -0.0913. The minimum atomic E-state index is -0.0423. The topological polar surface area (TPSA) is 40.5 Å². The third-order valence-corrected chi connectivity index (χ3v) is 7.88. The fourth-order valence-electron chi connectivity index (χ4n) is 6.80. The van der Waals surface area contributed by atoms with Gasteiger partial charge in [-0.2, -0.15) is 0 Å². The summed E-state index contributed by atoms with van der Waals surface area (Å²) in [5.74, 6) is 4.26. The van der Waals surface area contributed by atoms with Gasteiger partial charge in [-0.05, 0) is 92.8 Å². The van der Waals surface area contributed by atoms with Gasteiger partial charge in [0.25, 0.3) is 0 Å². The van der Waals surface area contributed by atoms with Crippen LogP contribution in [0.2, 0.25) is 0 Å². The Kier molecular flexibility index (Phi) is 3.20. The van der Waals surface area contributed by atoms with Gasteiger partial charge in [0.15, 0.2) is 0 Å². The van der Waals surface area contributed by atoms with Crippen LogP contribution in [-0.4, -0.2) is 22.4 Å². The molecule has 2 nitrogen and oxygen atoms in total. The van der Waals surface area contributed by atoms with Crippen LogP contribution in [0.5, 0.6) is 0 Å². The molecule has 0 saturated heterocycles. The maximum atomic E-state index is 10.4. The summed E-state index contributed by atoms with van der Waals surface area (Å²) < 4.78 is 0. The highest BCUT2D eigenvalue weighted by atomic mass is 16.3. The monoisotopic (exact) mass is 278 g/mol. The average Bonchev–Trinajstić information content (AvgIpc) is 2.74. The van der Waals surface area contributed by atoms with Gasteiger partial charge in [0.1, 0.15) is 0 Å². The van der Waals surface area contributed by atoms with Crippen LogP contribution in [-0.2, 0) is 0 Å². The first-order valence-electron chi connectivity index (χ1n) is 8.95. The van der Waals surface area contributed by atoms with E-state index in [4.69, 9.17) is 0 Å². The van der Waals surface area contributed by atoms with Gasteiger partial charge in [-0.1, -0.05) is 6.92 Å². The van der Waals surface area contributed by atoms with Crippen LogP contribution in [0.3, 0.4) is 0 Å². The van der Waals surface area contributed by atoms with Crippen LogP contribution < -0.4 is 0 Å². The molecule has 114 valence electrons. The summed E-state index contributed by atoms with van der Waals surface area (Å²) >= 11 is 0. The maximum absolute atomic E-state index is 10.4. The summed E-state index contributed by atoms with van der Waals surface area (Å²) in [4.78, 5) is 0. The van der Waals surface area contributed by atoms with Crippen molar-refractivity contribution in [1.82, 2.24) is 0 Å². The predicted molar refractivity (Wildman–Crippen MR) is 79.1 cm³/mol. The lowest BCUT2D eigenvalue weighted by Gasteiger charge is -2.55. The van der Waals surface area contributed by atoms with E-state index in [9.17, 15) is 10.2 Å². The normalized spacial score (nSPS) is 58.6. The SMILES string of the molecule is C[C@]12CC[C@H]3[C@@H](CCC4CC(O)CC[C@@H]43)[C@@H]1CCC2O. The Hall–Kier alpha value is -0.0800. The van der Waals surface area contributed by atoms with Crippen molar-refractivity contribution in [3.63, 3.8) is 0 Å². The molecule has 2 N–H and O–H groups in total. The molecule has 0 radical (unpaired) electrons. The largest absolute Gasteiger partial charge is 0.393 e. The number of aliphatic hydroxyl groups is 2. The van der Waals surface area contributed by atoms with Crippen molar-refractivity contribution in [2.75, 3.05) is 0 Å². The van der Waals surface area contributed by atoms with E-state index in [2.05, 4.69) is 6.92 Å². The van der Waals surface area contributed by atoms with Gasteiger partial charge < -0.3 is 10.2 Å². The summed E-state index contributed by atoms with van der Waals surface area (Å²) in [7, 11) is 0. The Morgan fingerprint density at radius 3 is 2.45 bits per heavy atom. The number of rotatable bonds is 0. The predicted octanol–water partition coefficient (Wildman–Crippen LogP) is 3.36. The molecule has 0 heterocycles. The van der Waals surface area contributed by atoms with Crippen LogP contribution in [0.15, 0.2) is 0 Å². The quantitative estimate of drug-likeness (QED) is 0.713. The summed E-state index contributed by atoms with van der Waals surface area (Å²) in [5.41, 5.74) is 0.224. The Morgan fingerprint density at radius 2 is 1.60 bits per heavy atom. The molecule has 0 aromatic carbocycles. The minimum absolute atomic E-state index is 0.0186. The molecule has 2 heteroatoms. The molecule has 0 aliphatic heterocycles. The molecule has 0 spiro atoms. The molecule has 20 heavy (non-hydrogen) atoms. The number of aliphatic hydroxyl groups excluding tert-OH is 2. The summed E-state index contributed by atoms with van der Waals surface area (Å²) in [6.45, 7) is 2.36. The van der Waals surface area contributed by atoms with Gasteiger partial charge in [0, 0.05) is 0 Å². The molecule has 8 atom stereocenters. The van der Waals surface area contributed by atoms with Crippen molar-refractivity contribution in [1.29, 1.82) is 0 Å². The molecular weight excluding hydrogens is 248 g/mol.